The van der Waals surface area contributed by atoms with E-state index in [0.717, 1.165) is 43.7 Å². The number of nitrogens with zero attached hydrogens (tertiary/aromatic N) is 1. The van der Waals surface area contributed by atoms with Gasteiger partial charge in [0.2, 0.25) is 0 Å². The van der Waals surface area contributed by atoms with Crippen LogP contribution in [0.15, 0.2) is 24.5 Å². The van der Waals surface area contributed by atoms with Crippen LogP contribution in [0, 0.1) is 5.41 Å². The Morgan fingerprint density at radius 2 is 2.25 bits per heavy atom. The van der Waals surface area contributed by atoms with Crippen molar-refractivity contribution in [1.29, 1.82) is 0 Å². The number of halogens is 1. The van der Waals surface area contributed by atoms with Crippen LogP contribution in [-0.2, 0) is 4.74 Å². The molecule has 0 atom stereocenters. The van der Waals surface area contributed by atoms with Gasteiger partial charge in [0.05, 0.1) is 12.8 Å². The van der Waals surface area contributed by atoms with Crippen LogP contribution in [0.3, 0.4) is 0 Å². The number of aromatic nitrogens is 1. The van der Waals surface area contributed by atoms with E-state index in [-0.39, 0.29) is 5.41 Å². The number of hydrogen-bond donors (Lipinski definition) is 0. The predicted octanol–water partition coefficient (Wildman–Crippen LogP) is 2.65. The molecular weight excluding hydrogens is 270 g/mol. The highest BCUT2D eigenvalue weighted by Gasteiger charge is 2.32. The quantitative estimate of drug-likeness (QED) is 0.797. The Morgan fingerprint density at radius 3 is 2.88 bits per heavy atom. The number of ether oxygens (including phenoxy) is 2. The van der Waals surface area contributed by atoms with Crippen LogP contribution in [0.5, 0.6) is 5.75 Å². The first-order chi connectivity index (χ1) is 7.85. The van der Waals surface area contributed by atoms with E-state index < -0.39 is 0 Å². The molecule has 88 valence electrons. The highest BCUT2D eigenvalue weighted by molar-refractivity contribution is 9.09. The second-order valence-corrected chi connectivity index (χ2v) is 4.78. The van der Waals surface area contributed by atoms with Gasteiger partial charge in [-0.1, -0.05) is 15.9 Å². The van der Waals surface area contributed by atoms with Crippen molar-refractivity contribution < 1.29 is 9.47 Å². The summed E-state index contributed by atoms with van der Waals surface area (Å²) in [7, 11) is 0. The van der Waals surface area contributed by atoms with Crippen molar-refractivity contribution in [2.24, 2.45) is 5.41 Å². The van der Waals surface area contributed by atoms with Crippen molar-refractivity contribution in [3.63, 3.8) is 0 Å². The predicted molar refractivity (Wildman–Crippen MR) is 66.0 cm³/mol. The summed E-state index contributed by atoms with van der Waals surface area (Å²) in [4.78, 5) is 4.04. The van der Waals surface area contributed by atoms with E-state index in [1.54, 1.807) is 12.4 Å². The minimum absolute atomic E-state index is 0.216. The van der Waals surface area contributed by atoms with Crippen molar-refractivity contribution in [2.45, 2.75) is 12.8 Å². The second-order valence-electron chi connectivity index (χ2n) is 4.22. The van der Waals surface area contributed by atoms with Gasteiger partial charge in [-0.15, -0.1) is 0 Å². The average Bonchev–Trinajstić information content (AvgIpc) is 2.39. The molecule has 2 heterocycles. The monoisotopic (exact) mass is 285 g/mol. The molecule has 0 amide bonds. The first kappa shape index (κ1) is 11.9. The summed E-state index contributed by atoms with van der Waals surface area (Å²) in [6.45, 7) is 2.40. The number of hydrogen-bond acceptors (Lipinski definition) is 3. The molecule has 4 heteroatoms. The second kappa shape index (κ2) is 5.64. The summed E-state index contributed by atoms with van der Waals surface area (Å²) in [6.07, 6.45) is 5.61. The first-order valence-electron chi connectivity index (χ1n) is 5.51. The SMILES string of the molecule is BrCC1(COc2cccnc2)CCOCC1. The van der Waals surface area contributed by atoms with E-state index in [4.69, 9.17) is 9.47 Å². The molecule has 0 unspecified atom stereocenters. The number of alkyl halides is 1. The van der Waals surface area contributed by atoms with Crippen molar-refractivity contribution in [3.05, 3.63) is 24.5 Å². The molecule has 0 N–H and O–H groups in total. The van der Waals surface area contributed by atoms with Crippen molar-refractivity contribution >= 4 is 15.9 Å². The fraction of sp³-hybridized carbons (Fsp3) is 0.583. The molecule has 3 nitrogen and oxygen atoms in total. The molecule has 1 aliphatic rings. The lowest BCUT2D eigenvalue weighted by Crippen LogP contribution is -2.36. The molecule has 0 radical (unpaired) electrons. The summed E-state index contributed by atoms with van der Waals surface area (Å²) in [5.74, 6) is 0.842. The maximum absolute atomic E-state index is 5.79. The molecule has 1 fully saturated rings. The molecule has 16 heavy (non-hydrogen) atoms. The number of pyridine rings is 1. The Bertz CT molecular complexity index is 312. The summed E-state index contributed by atoms with van der Waals surface area (Å²) in [6, 6.07) is 3.83. The van der Waals surface area contributed by atoms with Crippen molar-refractivity contribution in [3.8, 4) is 5.75 Å². The maximum Gasteiger partial charge on any atom is 0.137 e. The Kier molecular flexibility index (Phi) is 4.18. The minimum Gasteiger partial charge on any atom is -0.491 e. The molecule has 1 aliphatic heterocycles. The molecule has 1 aromatic rings. The third-order valence-electron chi connectivity index (χ3n) is 3.02. The van der Waals surface area contributed by atoms with E-state index in [9.17, 15) is 0 Å². The molecule has 1 saturated heterocycles. The average molecular weight is 286 g/mol. The van der Waals surface area contributed by atoms with E-state index in [1.807, 2.05) is 12.1 Å². The van der Waals surface area contributed by atoms with Crippen LogP contribution in [0.1, 0.15) is 12.8 Å². The fourth-order valence-corrected chi connectivity index (χ4v) is 2.51. The number of rotatable bonds is 4. The Hall–Kier alpha value is -0.610. The molecular formula is C12H16BrNO2. The molecule has 0 saturated carbocycles. The van der Waals surface area contributed by atoms with Gasteiger partial charge >= 0.3 is 0 Å². The van der Waals surface area contributed by atoms with Crippen LogP contribution in [0.4, 0.5) is 0 Å². The smallest absolute Gasteiger partial charge is 0.137 e. The summed E-state index contributed by atoms with van der Waals surface area (Å²) in [5.41, 5.74) is 0.216. The standard InChI is InChI=1S/C12H16BrNO2/c13-9-12(3-6-15-7-4-12)10-16-11-2-1-5-14-8-11/h1-2,5,8H,3-4,6-7,9-10H2. The van der Waals surface area contributed by atoms with E-state index >= 15 is 0 Å². The fourth-order valence-electron chi connectivity index (χ4n) is 1.79. The zero-order valence-electron chi connectivity index (χ0n) is 9.19. The topological polar surface area (TPSA) is 31.4 Å². The summed E-state index contributed by atoms with van der Waals surface area (Å²) in [5, 5.41) is 0.962. The Balaban J connectivity index is 1.92. The van der Waals surface area contributed by atoms with Gasteiger partial charge in [-0.25, -0.2) is 0 Å². The highest BCUT2D eigenvalue weighted by atomic mass is 79.9. The van der Waals surface area contributed by atoms with Gasteiger partial charge in [-0.3, -0.25) is 4.98 Å². The largest absolute Gasteiger partial charge is 0.491 e. The maximum atomic E-state index is 5.79. The van der Waals surface area contributed by atoms with Crippen LogP contribution < -0.4 is 4.74 Å². The third-order valence-corrected chi connectivity index (χ3v) is 4.21. The van der Waals surface area contributed by atoms with Crippen LogP contribution in [-0.4, -0.2) is 30.1 Å². The first-order valence-corrected chi connectivity index (χ1v) is 6.63. The van der Waals surface area contributed by atoms with Crippen LogP contribution >= 0.6 is 15.9 Å². The van der Waals surface area contributed by atoms with Crippen LogP contribution in [0.2, 0.25) is 0 Å². The lowest BCUT2D eigenvalue weighted by atomic mass is 9.83. The molecule has 0 aliphatic carbocycles. The van der Waals surface area contributed by atoms with Crippen molar-refractivity contribution in [1.82, 2.24) is 4.98 Å². The Morgan fingerprint density at radius 1 is 1.44 bits per heavy atom. The molecule has 1 aromatic heterocycles. The molecule has 2 rings (SSSR count). The Labute approximate surface area is 104 Å². The lowest BCUT2D eigenvalue weighted by Gasteiger charge is -2.35. The van der Waals surface area contributed by atoms with Crippen LogP contribution in [0.25, 0.3) is 0 Å². The van der Waals surface area contributed by atoms with Gasteiger partial charge in [0.15, 0.2) is 0 Å². The van der Waals surface area contributed by atoms with Gasteiger partial charge in [0.1, 0.15) is 5.75 Å². The van der Waals surface area contributed by atoms with Gasteiger partial charge in [0.25, 0.3) is 0 Å². The summed E-state index contributed by atoms with van der Waals surface area (Å²) >= 11 is 3.59. The van der Waals surface area contributed by atoms with Gasteiger partial charge in [-0.2, -0.15) is 0 Å². The molecule has 0 bridgehead atoms. The normalized spacial score (nSPS) is 19.3. The summed E-state index contributed by atoms with van der Waals surface area (Å²) < 4.78 is 11.2. The van der Waals surface area contributed by atoms with E-state index in [1.165, 1.54) is 0 Å². The van der Waals surface area contributed by atoms with E-state index in [2.05, 4.69) is 20.9 Å². The molecule has 0 spiro atoms. The zero-order valence-corrected chi connectivity index (χ0v) is 10.8. The van der Waals surface area contributed by atoms with Crippen molar-refractivity contribution in [2.75, 3.05) is 25.2 Å². The van der Waals surface area contributed by atoms with Gasteiger partial charge < -0.3 is 9.47 Å². The van der Waals surface area contributed by atoms with E-state index in [0.29, 0.717) is 0 Å². The third kappa shape index (κ3) is 2.95. The zero-order chi connectivity index (χ0) is 11.3. The highest BCUT2D eigenvalue weighted by Crippen LogP contribution is 2.33. The van der Waals surface area contributed by atoms with Gasteiger partial charge in [0, 0.05) is 30.2 Å². The van der Waals surface area contributed by atoms with Gasteiger partial charge in [-0.05, 0) is 25.0 Å². The minimum atomic E-state index is 0.216. The lowest BCUT2D eigenvalue weighted by molar-refractivity contribution is 0.00349. The molecule has 0 aromatic carbocycles.